The second-order valence-corrected chi connectivity index (χ2v) is 4.33. The Labute approximate surface area is 102 Å². The molecule has 1 aliphatic rings. The van der Waals surface area contributed by atoms with Crippen LogP contribution in [0.3, 0.4) is 0 Å². The first-order valence-electron chi connectivity index (χ1n) is 5.92. The molecule has 4 nitrogen and oxygen atoms in total. The number of hydrogen-bond donors (Lipinski definition) is 2. The van der Waals surface area contributed by atoms with Crippen LogP contribution in [0.15, 0.2) is 12.1 Å². The lowest BCUT2D eigenvalue weighted by Gasteiger charge is -2.15. The number of aromatic hydroxyl groups is 1. The predicted molar refractivity (Wildman–Crippen MR) is 65.9 cm³/mol. The predicted octanol–water partition coefficient (Wildman–Crippen LogP) is 1.70. The van der Waals surface area contributed by atoms with Gasteiger partial charge in [0.25, 0.3) is 0 Å². The molecule has 1 heterocycles. The van der Waals surface area contributed by atoms with Crippen LogP contribution in [0.25, 0.3) is 0 Å². The van der Waals surface area contributed by atoms with E-state index in [0.717, 1.165) is 24.3 Å². The van der Waals surface area contributed by atoms with Crippen molar-refractivity contribution in [2.45, 2.75) is 25.3 Å². The van der Waals surface area contributed by atoms with Gasteiger partial charge in [0, 0.05) is 12.1 Å². The third-order valence-corrected chi connectivity index (χ3v) is 3.21. The van der Waals surface area contributed by atoms with Crippen molar-refractivity contribution in [3.05, 3.63) is 17.7 Å². The van der Waals surface area contributed by atoms with E-state index in [-0.39, 0.29) is 5.75 Å². The summed E-state index contributed by atoms with van der Waals surface area (Å²) in [5, 5.41) is 13.1. The molecule has 0 saturated carbocycles. The molecule has 1 fully saturated rings. The SMILES string of the molecule is COc1cc(CC2CCCN2)c(OC)cc1O. The molecule has 4 heteroatoms. The van der Waals surface area contributed by atoms with Gasteiger partial charge in [-0.15, -0.1) is 0 Å². The lowest BCUT2D eigenvalue weighted by molar-refractivity contribution is 0.363. The zero-order valence-corrected chi connectivity index (χ0v) is 10.3. The molecule has 0 amide bonds. The molecule has 1 aromatic rings. The summed E-state index contributed by atoms with van der Waals surface area (Å²) in [7, 11) is 3.17. The van der Waals surface area contributed by atoms with Crippen LogP contribution in [0, 0.1) is 0 Å². The van der Waals surface area contributed by atoms with Crippen molar-refractivity contribution >= 4 is 0 Å². The molecule has 17 heavy (non-hydrogen) atoms. The summed E-state index contributed by atoms with van der Waals surface area (Å²) >= 11 is 0. The summed E-state index contributed by atoms with van der Waals surface area (Å²) < 4.78 is 10.4. The summed E-state index contributed by atoms with van der Waals surface area (Å²) in [5.74, 6) is 1.34. The van der Waals surface area contributed by atoms with E-state index >= 15 is 0 Å². The largest absolute Gasteiger partial charge is 0.504 e. The highest BCUT2D eigenvalue weighted by Gasteiger charge is 2.18. The van der Waals surface area contributed by atoms with E-state index in [0.29, 0.717) is 11.8 Å². The highest BCUT2D eigenvalue weighted by atomic mass is 16.5. The van der Waals surface area contributed by atoms with Crippen molar-refractivity contribution < 1.29 is 14.6 Å². The Morgan fingerprint density at radius 1 is 1.29 bits per heavy atom. The van der Waals surface area contributed by atoms with Crippen molar-refractivity contribution in [1.82, 2.24) is 5.32 Å². The quantitative estimate of drug-likeness (QED) is 0.837. The van der Waals surface area contributed by atoms with Gasteiger partial charge in [0.1, 0.15) is 5.75 Å². The number of benzene rings is 1. The third-order valence-electron chi connectivity index (χ3n) is 3.21. The number of hydrogen-bond acceptors (Lipinski definition) is 4. The van der Waals surface area contributed by atoms with Gasteiger partial charge in [0.05, 0.1) is 14.2 Å². The van der Waals surface area contributed by atoms with Gasteiger partial charge in [-0.1, -0.05) is 0 Å². The molecule has 1 unspecified atom stereocenters. The molecule has 1 aliphatic heterocycles. The highest BCUT2D eigenvalue weighted by Crippen LogP contribution is 2.34. The van der Waals surface area contributed by atoms with Gasteiger partial charge in [0.15, 0.2) is 11.5 Å². The monoisotopic (exact) mass is 237 g/mol. The molecule has 0 spiro atoms. The van der Waals surface area contributed by atoms with E-state index in [4.69, 9.17) is 9.47 Å². The van der Waals surface area contributed by atoms with Gasteiger partial charge in [-0.2, -0.15) is 0 Å². The standard InChI is InChI=1S/C13H19NO3/c1-16-12-8-11(15)13(17-2)7-9(12)6-10-4-3-5-14-10/h7-8,10,14-15H,3-6H2,1-2H3. The fourth-order valence-electron chi connectivity index (χ4n) is 2.30. The van der Waals surface area contributed by atoms with E-state index < -0.39 is 0 Å². The Bertz CT molecular complexity index is 386. The maximum absolute atomic E-state index is 9.69. The molecule has 1 aromatic carbocycles. The molecule has 0 aromatic heterocycles. The number of ether oxygens (including phenoxy) is 2. The van der Waals surface area contributed by atoms with E-state index in [1.165, 1.54) is 12.8 Å². The minimum Gasteiger partial charge on any atom is -0.504 e. The van der Waals surface area contributed by atoms with Crippen LogP contribution in [0.5, 0.6) is 17.2 Å². The summed E-state index contributed by atoms with van der Waals surface area (Å²) in [5.41, 5.74) is 1.07. The van der Waals surface area contributed by atoms with Crippen LogP contribution in [0.1, 0.15) is 18.4 Å². The van der Waals surface area contributed by atoms with Crippen molar-refractivity contribution in [2.24, 2.45) is 0 Å². The zero-order valence-electron chi connectivity index (χ0n) is 10.3. The maximum atomic E-state index is 9.69. The van der Waals surface area contributed by atoms with E-state index in [1.54, 1.807) is 20.3 Å². The maximum Gasteiger partial charge on any atom is 0.161 e. The average Bonchev–Trinajstić information content (AvgIpc) is 2.83. The fraction of sp³-hybridized carbons (Fsp3) is 0.538. The summed E-state index contributed by atoms with van der Waals surface area (Å²) in [6.45, 7) is 1.09. The molecule has 1 atom stereocenters. The lowest BCUT2D eigenvalue weighted by Crippen LogP contribution is -2.23. The summed E-state index contributed by atoms with van der Waals surface area (Å²) in [4.78, 5) is 0. The van der Waals surface area contributed by atoms with Crippen molar-refractivity contribution in [3.8, 4) is 17.2 Å². The van der Waals surface area contributed by atoms with E-state index in [1.807, 2.05) is 6.07 Å². The summed E-state index contributed by atoms with van der Waals surface area (Å²) in [6.07, 6.45) is 3.31. The Morgan fingerprint density at radius 2 is 2.06 bits per heavy atom. The molecule has 2 N–H and O–H groups in total. The molecular formula is C13H19NO3. The normalized spacial score (nSPS) is 19.3. The minimum absolute atomic E-state index is 0.118. The first kappa shape index (κ1) is 12.0. The Morgan fingerprint density at radius 3 is 2.65 bits per heavy atom. The number of phenolic OH excluding ortho intramolecular Hbond substituents is 1. The average molecular weight is 237 g/mol. The third kappa shape index (κ3) is 2.64. The van der Waals surface area contributed by atoms with Crippen LogP contribution < -0.4 is 14.8 Å². The first-order valence-corrected chi connectivity index (χ1v) is 5.92. The lowest BCUT2D eigenvalue weighted by atomic mass is 10.0. The molecule has 2 rings (SSSR count). The van der Waals surface area contributed by atoms with Crippen molar-refractivity contribution in [3.63, 3.8) is 0 Å². The van der Waals surface area contributed by atoms with E-state index in [9.17, 15) is 5.11 Å². The first-order chi connectivity index (χ1) is 8.24. The van der Waals surface area contributed by atoms with Gasteiger partial charge in [0.2, 0.25) is 0 Å². The van der Waals surface area contributed by atoms with Crippen LogP contribution in [-0.4, -0.2) is 31.9 Å². The van der Waals surface area contributed by atoms with Crippen LogP contribution in [0.4, 0.5) is 0 Å². The number of phenols is 1. The van der Waals surface area contributed by atoms with Crippen molar-refractivity contribution in [2.75, 3.05) is 20.8 Å². The van der Waals surface area contributed by atoms with Crippen molar-refractivity contribution in [1.29, 1.82) is 0 Å². The minimum atomic E-state index is 0.118. The highest BCUT2D eigenvalue weighted by molar-refractivity contribution is 5.50. The van der Waals surface area contributed by atoms with Crippen LogP contribution in [-0.2, 0) is 6.42 Å². The van der Waals surface area contributed by atoms with Gasteiger partial charge in [-0.05, 0) is 37.4 Å². The Kier molecular flexibility index (Phi) is 3.74. The molecule has 1 saturated heterocycles. The number of methoxy groups -OCH3 is 2. The van der Waals surface area contributed by atoms with Gasteiger partial charge >= 0.3 is 0 Å². The van der Waals surface area contributed by atoms with Crippen LogP contribution >= 0.6 is 0 Å². The molecule has 0 bridgehead atoms. The molecule has 0 radical (unpaired) electrons. The second kappa shape index (κ2) is 5.27. The zero-order chi connectivity index (χ0) is 12.3. The fourth-order valence-corrected chi connectivity index (χ4v) is 2.30. The van der Waals surface area contributed by atoms with Gasteiger partial charge in [-0.3, -0.25) is 0 Å². The number of nitrogens with one attached hydrogen (secondary N) is 1. The summed E-state index contributed by atoms with van der Waals surface area (Å²) in [6, 6.07) is 3.97. The molecular weight excluding hydrogens is 218 g/mol. The number of rotatable bonds is 4. The van der Waals surface area contributed by atoms with Gasteiger partial charge < -0.3 is 19.9 Å². The van der Waals surface area contributed by atoms with Gasteiger partial charge in [-0.25, -0.2) is 0 Å². The molecule has 94 valence electrons. The second-order valence-electron chi connectivity index (χ2n) is 4.33. The van der Waals surface area contributed by atoms with Crippen LogP contribution in [0.2, 0.25) is 0 Å². The Balaban J connectivity index is 2.23. The molecule has 0 aliphatic carbocycles. The Hall–Kier alpha value is -1.42. The topological polar surface area (TPSA) is 50.7 Å². The smallest absolute Gasteiger partial charge is 0.161 e. The van der Waals surface area contributed by atoms with E-state index in [2.05, 4.69) is 5.32 Å².